The highest BCUT2D eigenvalue weighted by atomic mass is 16.1. The van der Waals surface area contributed by atoms with Crippen LogP contribution in [0.3, 0.4) is 0 Å². The van der Waals surface area contributed by atoms with E-state index in [4.69, 9.17) is 0 Å². The summed E-state index contributed by atoms with van der Waals surface area (Å²) in [6.45, 7) is 4.36. The largest absolute Gasteiger partial charge is 0.340 e. The molecule has 0 saturated carbocycles. The van der Waals surface area contributed by atoms with Gasteiger partial charge in [-0.15, -0.1) is 0 Å². The lowest BCUT2D eigenvalue weighted by atomic mass is 10.0. The Morgan fingerprint density at radius 1 is 1.32 bits per heavy atom. The number of anilines is 1. The van der Waals surface area contributed by atoms with E-state index in [1.165, 1.54) is 10.7 Å². The predicted molar refractivity (Wildman–Crippen MR) is 71.0 cm³/mol. The van der Waals surface area contributed by atoms with Crippen molar-refractivity contribution in [3.63, 3.8) is 0 Å². The number of hydrogen-bond donors (Lipinski definition) is 0. The van der Waals surface area contributed by atoms with Crippen LogP contribution in [0.2, 0.25) is 0 Å². The van der Waals surface area contributed by atoms with Gasteiger partial charge >= 0.3 is 0 Å². The molecule has 0 N–H and O–H groups in total. The van der Waals surface area contributed by atoms with Gasteiger partial charge in [0.25, 0.3) is 5.56 Å². The highest BCUT2D eigenvalue weighted by Gasteiger charge is 2.29. The first-order chi connectivity index (χ1) is 9.22. The van der Waals surface area contributed by atoms with Gasteiger partial charge in [-0.05, 0) is 18.6 Å². The fourth-order valence-corrected chi connectivity index (χ4v) is 2.17. The van der Waals surface area contributed by atoms with Crippen molar-refractivity contribution in [2.75, 3.05) is 18.0 Å². The molecule has 6 nitrogen and oxygen atoms in total. The summed E-state index contributed by atoms with van der Waals surface area (Å²) >= 11 is 0. The second-order valence-electron chi connectivity index (χ2n) is 4.88. The van der Waals surface area contributed by atoms with Crippen molar-refractivity contribution in [1.82, 2.24) is 19.7 Å². The molecule has 0 aliphatic carbocycles. The molecule has 19 heavy (non-hydrogen) atoms. The lowest BCUT2D eigenvalue weighted by Gasteiger charge is -2.39. The van der Waals surface area contributed by atoms with E-state index in [-0.39, 0.29) is 5.56 Å². The van der Waals surface area contributed by atoms with E-state index in [1.54, 1.807) is 12.3 Å². The van der Waals surface area contributed by atoms with Crippen molar-refractivity contribution >= 4 is 5.95 Å². The van der Waals surface area contributed by atoms with Crippen LogP contribution < -0.4 is 10.5 Å². The van der Waals surface area contributed by atoms with Gasteiger partial charge < -0.3 is 4.90 Å². The first-order valence-electron chi connectivity index (χ1n) is 6.28. The lowest BCUT2D eigenvalue weighted by Crippen LogP contribution is -2.50. The minimum absolute atomic E-state index is 0.0486. The summed E-state index contributed by atoms with van der Waals surface area (Å²) in [5.74, 6) is 1.19. The molecule has 1 saturated heterocycles. The summed E-state index contributed by atoms with van der Waals surface area (Å²) in [6.07, 6.45) is 5.28. The molecule has 0 bridgehead atoms. The van der Waals surface area contributed by atoms with Crippen LogP contribution in [0.1, 0.15) is 5.56 Å². The molecule has 0 amide bonds. The van der Waals surface area contributed by atoms with Crippen LogP contribution in [-0.2, 0) is 6.54 Å². The van der Waals surface area contributed by atoms with E-state index in [2.05, 4.69) is 20.0 Å². The van der Waals surface area contributed by atoms with Crippen LogP contribution in [0.25, 0.3) is 0 Å². The van der Waals surface area contributed by atoms with Gasteiger partial charge in [0.1, 0.15) is 0 Å². The molecule has 6 heteroatoms. The van der Waals surface area contributed by atoms with Crippen LogP contribution in [0.4, 0.5) is 5.95 Å². The van der Waals surface area contributed by atoms with E-state index in [0.29, 0.717) is 12.5 Å². The average Bonchev–Trinajstić information content (AvgIpc) is 2.37. The SMILES string of the molecule is Cc1cnc(N2CC(Cn3ncccc3=O)C2)nc1. The van der Waals surface area contributed by atoms with E-state index in [1.807, 2.05) is 19.3 Å². The second-order valence-corrected chi connectivity index (χ2v) is 4.88. The van der Waals surface area contributed by atoms with Gasteiger partial charge in [0.2, 0.25) is 5.95 Å². The predicted octanol–water partition coefficient (Wildman–Crippen LogP) is 0.478. The van der Waals surface area contributed by atoms with Gasteiger partial charge in [-0.2, -0.15) is 5.10 Å². The van der Waals surface area contributed by atoms with Gasteiger partial charge in [-0.3, -0.25) is 4.79 Å². The molecule has 0 aromatic carbocycles. The van der Waals surface area contributed by atoms with Gasteiger partial charge in [0.15, 0.2) is 0 Å². The smallest absolute Gasteiger partial charge is 0.266 e. The minimum atomic E-state index is -0.0486. The zero-order chi connectivity index (χ0) is 13.2. The molecule has 98 valence electrons. The normalized spacial score (nSPS) is 15.3. The number of nitrogens with zero attached hydrogens (tertiary/aromatic N) is 5. The Hall–Kier alpha value is -2.24. The first-order valence-corrected chi connectivity index (χ1v) is 6.28. The van der Waals surface area contributed by atoms with Crippen molar-refractivity contribution in [2.24, 2.45) is 5.92 Å². The van der Waals surface area contributed by atoms with E-state index >= 15 is 0 Å². The van der Waals surface area contributed by atoms with E-state index in [9.17, 15) is 4.79 Å². The van der Waals surface area contributed by atoms with Crippen LogP contribution in [0.15, 0.2) is 35.5 Å². The Labute approximate surface area is 110 Å². The molecule has 0 atom stereocenters. The Morgan fingerprint density at radius 2 is 2.05 bits per heavy atom. The van der Waals surface area contributed by atoms with Crippen molar-refractivity contribution < 1.29 is 0 Å². The van der Waals surface area contributed by atoms with Gasteiger partial charge in [0.05, 0.1) is 6.54 Å². The van der Waals surface area contributed by atoms with Crippen molar-refractivity contribution in [3.05, 3.63) is 46.6 Å². The average molecular weight is 257 g/mol. The summed E-state index contributed by atoms with van der Waals surface area (Å²) in [7, 11) is 0. The number of rotatable bonds is 3. The van der Waals surface area contributed by atoms with E-state index in [0.717, 1.165) is 24.6 Å². The second kappa shape index (κ2) is 4.79. The maximum Gasteiger partial charge on any atom is 0.266 e. The quantitative estimate of drug-likeness (QED) is 0.800. The molecule has 2 aromatic heterocycles. The summed E-state index contributed by atoms with van der Waals surface area (Å²) in [4.78, 5) is 22.2. The highest BCUT2D eigenvalue weighted by molar-refractivity contribution is 5.33. The Balaban J connectivity index is 1.60. The monoisotopic (exact) mass is 257 g/mol. The third-order valence-electron chi connectivity index (χ3n) is 3.22. The number of hydrogen-bond acceptors (Lipinski definition) is 5. The molecule has 0 unspecified atom stereocenters. The van der Waals surface area contributed by atoms with Gasteiger partial charge in [-0.25, -0.2) is 14.6 Å². The summed E-state index contributed by atoms with van der Waals surface area (Å²) in [5, 5.41) is 4.06. The van der Waals surface area contributed by atoms with Crippen LogP contribution in [0.5, 0.6) is 0 Å². The van der Waals surface area contributed by atoms with Crippen LogP contribution in [0, 0.1) is 12.8 Å². The molecule has 3 rings (SSSR count). The van der Waals surface area contributed by atoms with Crippen molar-refractivity contribution in [2.45, 2.75) is 13.5 Å². The molecule has 1 aliphatic heterocycles. The molecular formula is C13H15N5O. The first kappa shape index (κ1) is 11.8. The summed E-state index contributed by atoms with van der Waals surface area (Å²) in [5.41, 5.74) is 1.01. The fourth-order valence-electron chi connectivity index (χ4n) is 2.17. The molecule has 0 spiro atoms. The fraction of sp³-hybridized carbons (Fsp3) is 0.385. The molecule has 2 aromatic rings. The Kier molecular flexibility index (Phi) is 2.98. The van der Waals surface area contributed by atoms with Crippen LogP contribution in [-0.4, -0.2) is 32.8 Å². The third kappa shape index (κ3) is 2.47. The highest BCUT2D eigenvalue weighted by Crippen LogP contribution is 2.21. The molecule has 3 heterocycles. The maximum atomic E-state index is 11.5. The Morgan fingerprint density at radius 3 is 2.74 bits per heavy atom. The van der Waals surface area contributed by atoms with Gasteiger partial charge in [0, 0.05) is 43.7 Å². The zero-order valence-electron chi connectivity index (χ0n) is 10.7. The van der Waals surface area contributed by atoms with E-state index < -0.39 is 0 Å². The van der Waals surface area contributed by atoms with Gasteiger partial charge in [-0.1, -0.05) is 0 Å². The molecule has 1 aliphatic rings. The standard InChI is InChI=1S/C13H15N5O/c1-10-5-14-13(15-6-10)17-7-11(8-17)9-18-12(19)3-2-4-16-18/h2-6,11H,7-9H2,1H3. The molecule has 1 fully saturated rings. The van der Waals surface area contributed by atoms with Crippen molar-refractivity contribution in [3.8, 4) is 0 Å². The summed E-state index contributed by atoms with van der Waals surface area (Å²) in [6, 6.07) is 3.19. The topological polar surface area (TPSA) is 63.9 Å². The maximum absolute atomic E-state index is 11.5. The minimum Gasteiger partial charge on any atom is -0.340 e. The Bertz CT molecular complexity index is 615. The van der Waals surface area contributed by atoms with Crippen LogP contribution >= 0.6 is 0 Å². The summed E-state index contributed by atoms with van der Waals surface area (Å²) < 4.78 is 1.51. The molecular weight excluding hydrogens is 242 g/mol. The number of aromatic nitrogens is 4. The van der Waals surface area contributed by atoms with Crippen molar-refractivity contribution in [1.29, 1.82) is 0 Å². The zero-order valence-corrected chi connectivity index (χ0v) is 10.7. The third-order valence-corrected chi connectivity index (χ3v) is 3.22. The number of aryl methyl sites for hydroxylation is 1. The molecule has 0 radical (unpaired) electrons. The lowest BCUT2D eigenvalue weighted by molar-refractivity contribution is 0.331.